The molecule has 0 aliphatic carbocycles. The van der Waals surface area contributed by atoms with Crippen LogP contribution in [-0.2, 0) is 31.1 Å². The van der Waals surface area contributed by atoms with Crippen molar-refractivity contribution in [1.82, 2.24) is 20.2 Å². The van der Waals surface area contributed by atoms with Crippen molar-refractivity contribution in [2.45, 2.75) is 33.1 Å². The number of hydroxylamine groups is 1. The quantitative estimate of drug-likeness (QED) is 0.482. The molecular formula is C21H28N4O2. The molecule has 2 heterocycles. The molecule has 2 N–H and O–H groups in total. The van der Waals surface area contributed by atoms with Gasteiger partial charge in [0, 0.05) is 38.5 Å². The summed E-state index contributed by atoms with van der Waals surface area (Å²) in [5.41, 5.74) is 9.08. The van der Waals surface area contributed by atoms with E-state index in [-0.39, 0.29) is 0 Å². The highest BCUT2D eigenvalue weighted by molar-refractivity contribution is 5.90. The van der Waals surface area contributed by atoms with Crippen LogP contribution in [0.4, 0.5) is 0 Å². The molecule has 0 spiro atoms. The Hall–Kier alpha value is -2.44. The van der Waals surface area contributed by atoms with E-state index in [1.165, 1.54) is 28.5 Å². The predicted molar refractivity (Wildman–Crippen MR) is 106 cm³/mol. The lowest BCUT2D eigenvalue weighted by Crippen LogP contribution is -2.28. The van der Waals surface area contributed by atoms with E-state index >= 15 is 0 Å². The zero-order chi connectivity index (χ0) is 19.4. The summed E-state index contributed by atoms with van der Waals surface area (Å²) in [6, 6.07) is 6.33. The van der Waals surface area contributed by atoms with Crippen LogP contribution in [0.3, 0.4) is 0 Å². The van der Waals surface area contributed by atoms with Crippen molar-refractivity contribution in [2.24, 2.45) is 7.05 Å². The Labute approximate surface area is 160 Å². The zero-order valence-corrected chi connectivity index (χ0v) is 16.3. The van der Waals surface area contributed by atoms with Gasteiger partial charge in [0.2, 0.25) is 0 Å². The van der Waals surface area contributed by atoms with Gasteiger partial charge in [-0.15, -0.1) is 0 Å². The molecule has 1 amide bonds. The fourth-order valence-corrected chi connectivity index (χ4v) is 3.78. The summed E-state index contributed by atoms with van der Waals surface area (Å²) in [5, 5.41) is 13.1. The largest absolute Gasteiger partial charge is 0.302 e. The molecule has 0 fully saturated rings. The van der Waals surface area contributed by atoms with Gasteiger partial charge < -0.3 is 4.90 Å². The molecule has 6 nitrogen and oxygen atoms in total. The first-order valence-electron chi connectivity index (χ1n) is 9.43. The highest BCUT2D eigenvalue weighted by Crippen LogP contribution is 2.20. The zero-order valence-electron chi connectivity index (χ0n) is 16.3. The molecule has 1 aromatic carbocycles. The third-order valence-electron chi connectivity index (χ3n) is 5.50. The van der Waals surface area contributed by atoms with Crippen LogP contribution in [0.1, 0.15) is 33.6 Å². The lowest BCUT2D eigenvalue weighted by atomic mass is 10.00. The van der Waals surface area contributed by atoms with Gasteiger partial charge in [0.1, 0.15) is 0 Å². The van der Waals surface area contributed by atoms with Crippen molar-refractivity contribution in [3.05, 3.63) is 57.9 Å². The second-order valence-corrected chi connectivity index (χ2v) is 7.20. The Morgan fingerprint density at radius 2 is 2.00 bits per heavy atom. The summed E-state index contributed by atoms with van der Waals surface area (Å²) < 4.78 is 1.97. The highest BCUT2D eigenvalue weighted by atomic mass is 16.5. The monoisotopic (exact) mass is 368 g/mol. The fourth-order valence-electron chi connectivity index (χ4n) is 3.78. The molecule has 0 saturated carbocycles. The molecule has 0 saturated heterocycles. The Kier molecular flexibility index (Phi) is 6.08. The Morgan fingerprint density at radius 3 is 2.67 bits per heavy atom. The van der Waals surface area contributed by atoms with Crippen molar-refractivity contribution in [2.75, 3.05) is 19.6 Å². The minimum Gasteiger partial charge on any atom is -0.302 e. The topological polar surface area (TPSA) is 70.4 Å². The van der Waals surface area contributed by atoms with Crippen molar-refractivity contribution >= 4 is 12.0 Å². The van der Waals surface area contributed by atoms with E-state index in [2.05, 4.69) is 36.0 Å². The van der Waals surface area contributed by atoms with Gasteiger partial charge in [-0.1, -0.05) is 18.2 Å². The number of carbonyl (C=O) groups is 1. The van der Waals surface area contributed by atoms with Gasteiger partial charge in [-0.3, -0.25) is 14.7 Å². The number of hydrogen-bond acceptors (Lipinski definition) is 4. The van der Waals surface area contributed by atoms with Crippen LogP contribution in [0.5, 0.6) is 0 Å². The molecule has 144 valence electrons. The standard InChI is InChI=1S/C21H28N4O2/c1-15-20(16(2)24(3)22-15)10-13-25-11-8-18-6-4-17(5-7-21(26)23-27)14-19(18)9-12-25/h4-7,14,27H,8-13H2,1-3H3,(H,23,26)/b7-5+. The molecule has 1 aliphatic heterocycles. The van der Waals surface area contributed by atoms with Gasteiger partial charge in [0.15, 0.2) is 0 Å². The lowest BCUT2D eigenvalue weighted by molar-refractivity contribution is -0.124. The van der Waals surface area contributed by atoms with Crippen molar-refractivity contribution < 1.29 is 10.0 Å². The van der Waals surface area contributed by atoms with Crippen LogP contribution in [0.15, 0.2) is 24.3 Å². The average molecular weight is 368 g/mol. The molecule has 1 aromatic heterocycles. The third kappa shape index (κ3) is 4.64. The SMILES string of the molecule is Cc1nn(C)c(C)c1CCN1CCc2ccc(/C=C/C(=O)NO)cc2CC1. The molecule has 0 unspecified atom stereocenters. The molecule has 0 atom stereocenters. The summed E-state index contributed by atoms with van der Waals surface area (Å²) in [6.45, 7) is 7.38. The number of carbonyl (C=O) groups excluding carboxylic acids is 1. The van der Waals surface area contributed by atoms with Crippen LogP contribution in [0, 0.1) is 13.8 Å². The van der Waals surface area contributed by atoms with E-state index in [0.717, 1.165) is 50.2 Å². The maximum atomic E-state index is 11.1. The third-order valence-corrected chi connectivity index (χ3v) is 5.50. The Bertz CT molecular complexity index is 854. The van der Waals surface area contributed by atoms with Crippen LogP contribution >= 0.6 is 0 Å². The summed E-state index contributed by atoms with van der Waals surface area (Å²) in [5.74, 6) is -0.517. The lowest BCUT2D eigenvalue weighted by Gasteiger charge is -2.19. The fraction of sp³-hybridized carbons (Fsp3) is 0.429. The number of amides is 1. The number of rotatable bonds is 5. The van der Waals surface area contributed by atoms with Gasteiger partial charge in [0.25, 0.3) is 5.91 Å². The minimum atomic E-state index is -0.517. The summed E-state index contributed by atoms with van der Waals surface area (Å²) in [6.07, 6.45) is 6.15. The van der Waals surface area contributed by atoms with Crippen LogP contribution in [-0.4, -0.2) is 45.4 Å². The Balaban J connectivity index is 1.62. The molecule has 6 heteroatoms. The number of fused-ring (bicyclic) bond motifs is 1. The van der Waals surface area contributed by atoms with E-state index < -0.39 is 5.91 Å². The van der Waals surface area contributed by atoms with E-state index in [9.17, 15) is 4.79 Å². The van der Waals surface area contributed by atoms with E-state index in [1.807, 2.05) is 17.8 Å². The first kappa shape index (κ1) is 19.3. The molecule has 2 aromatic rings. The first-order chi connectivity index (χ1) is 13.0. The van der Waals surface area contributed by atoms with Gasteiger partial charge >= 0.3 is 0 Å². The number of nitrogens with zero attached hydrogens (tertiary/aromatic N) is 3. The van der Waals surface area contributed by atoms with Crippen LogP contribution < -0.4 is 5.48 Å². The highest BCUT2D eigenvalue weighted by Gasteiger charge is 2.16. The molecule has 3 rings (SSSR count). The molecule has 0 bridgehead atoms. The molecule has 1 aliphatic rings. The first-order valence-corrected chi connectivity index (χ1v) is 9.43. The second-order valence-electron chi connectivity index (χ2n) is 7.20. The molecule has 0 radical (unpaired) electrons. The maximum Gasteiger partial charge on any atom is 0.267 e. The average Bonchev–Trinajstić information content (AvgIpc) is 2.82. The van der Waals surface area contributed by atoms with Gasteiger partial charge in [-0.05, 0) is 61.4 Å². The predicted octanol–water partition coefficient (Wildman–Crippen LogP) is 2.20. The summed E-state index contributed by atoms with van der Waals surface area (Å²) in [7, 11) is 2.00. The second kappa shape index (κ2) is 8.50. The number of nitrogens with one attached hydrogen (secondary N) is 1. The van der Waals surface area contributed by atoms with Crippen molar-refractivity contribution in [3.63, 3.8) is 0 Å². The van der Waals surface area contributed by atoms with Gasteiger partial charge in [-0.25, -0.2) is 5.48 Å². The van der Waals surface area contributed by atoms with Gasteiger partial charge in [0.05, 0.1) is 5.69 Å². The Morgan fingerprint density at radius 1 is 1.26 bits per heavy atom. The van der Waals surface area contributed by atoms with Crippen LogP contribution in [0.25, 0.3) is 6.08 Å². The van der Waals surface area contributed by atoms with Crippen molar-refractivity contribution in [3.8, 4) is 0 Å². The molecule has 27 heavy (non-hydrogen) atoms. The van der Waals surface area contributed by atoms with Crippen molar-refractivity contribution in [1.29, 1.82) is 0 Å². The molecular weight excluding hydrogens is 340 g/mol. The smallest absolute Gasteiger partial charge is 0.267 e. The number of aromatic nitrogens is 2. The van der Waals surface area contributed by atoms with E-state index in [1.54, 1.807) is 11.6 Å². The van der Waals surface area contributed by atoms with E-state index in [4.69, 9.17) is 5.21 Å². The summed E-state index contributed by atoms with van der Waals surface area (Å²) in [4.78, 5) is 13.7. The number of benzene rings is 1. The summed E-state index contributed by atoms with van der Waals surface area (Å²) >= 11 is 0. The maximum absolute atomic E-state index is 11.1. The van der Waals surface area contributed by atoms with Crippen LogP contribution in [0.2, 0.25) is 0 Å². The van der Waals surface area contributed by atoms with Gasteiger partial charge in [-0.2, -0.15) is 5.10 Å². The number of aryl methyl sites for hydroxylation is 2. The number of hydrogen-bond donors (Lipinski definition) is 2. The minimum absolute atomic E-state index is 0.517. The normalized spacial score (nSPS) is 15.0. The van der Waals surface area contributed by atoms with E-state index in [0.29, 0.717) is 0 Å².